The van der Waals surface area contributed by atoms with E-state index in [2.05, 4.69) is 43.1 Å². The van der Waals surface area contributed by atoms with Gasteiger partial charge in [0.1, 0.15) is 5.75 Å². The number of rotatable bonds is 4. The van der Waals surface area contributed by atoms with Gasteiger partial charge in [-0.3, -0.25) is 5.32 Å². The van der Waals surface area contributed by atoms with Gasteiger partial charge < -0.3 is 4.74 Å². The maximum atomic E-state index is 5.16. The minimum absolute atomic E-state index is 0.240. The van der Waals surface area contributed by atoms with Crippen LogP contribution in [0.2, 0.25) is 0 Å². The lowest BCUT2D eigenvalue weighted by Crippen LogP contribution is -2.37. The molecule has 0 saturated heterocycles. The molecule has 2 nitrogen and oxygen atoms in total. The lowest BCUT2D eigenvalue weighted by molar-refractivity contribution is 0.414. The molecule has 2 heteroatoms. The Bertz CT molecular complexity index is 618. The van der Waals surface area contributed by atoms with Crippen molar-refractivity contribution in [3.63, 3.8) is 0 Å². The smallest absolute Gasteiger partial charge is 0.118 e. The van der Waals surface area contributed by atoms with Crippen molar-refractivity contribution in [1.29, 1.82) is 0 Å². The van der Waals surface area contributed by atoms with Crippen LogP contribution in [0.25, 0.3) is 0 Å². The van der Waals surface area contributed by atoms with Gasteiger partial charge in [-0.15, -0.1) is 0 Å². The number of nitrogens with one attached hydrogen (secondary N) is 1. The van der Waals surface area contributed by atoms with Gasteiger partial charge in [-0.1, -0.05) is 42.2 Å². The second kappa shape index (κ2) is 6.97. The maximum absolute atomic E-state index is 5.16. The van der Waals surface area contributed by atoms with Gasteiger partial charge in [-0.2, -0.15) is 0 Å². The first-order valence-corrected chi connectivity index (χ1v) is 7.05. The molecule has 0 aliphatic rings. The minimum atomic E-state index is -0.240. The molecule has 2 aromatic carbocycles. The molecule has 2 rings (SSSR count). The van der Waals surface area contributed by atoms with Gasteiger partial charge >= 0.3 is 0 Å². The zero-order valence-electron chi connectivity index (χ0n) is 12.8. The highest BCUT2D eigenvalue weighted by molar-refractivity contribution is 5.36. The molecule has 0 atom stereocenters. The Balaban J connectivity index is 1.96. The van der Waals surface area contributed by atoms with Gasteiger partial charge in [0, 0.05) is 12.1 Å². The molecule has 2 aromatic rings. The molecule has 0 amide bonds. The van der Waals surface area contributed by atoms with E-state index in [4.69, 9.17) is 4.74 Å². The average Bonchev–Trinajstić information content (AvgIpc) is 2.53. The van der Waals surface area contributed by atoms with Crippen LogP contribution in [0.3, 0.4) is 0 Å². The number of ether oxygens (including phenoxy) is 1. The first-order chi connectivity index (χ1) is 10.1. The minimum Gasteiger partial charge on any atom is -0.497 e. The van der Waals surface area contributed by atoms with Gasteiger partial charge in [0.25, 0.3) is 0 Å². The van der Waals surface area contributed by atoms with Gasteiger partial charge in [-0.25, -0.2) is 0 Å². The Morgan fingerprint density at radius 1 is 1.00 bits per heavy atom. The maximum Gasteiger partial charge on any atom is 0.118 e. The fourth-order valence-corrected chi connectivity index (χ4v) is 1.86. The molecule has 1 N–H and O–H groups in total. The van der Waals surface area contributed by atoms with Crippen LogP contribution in [0, 0.1) is 11.8 Å². The third-order valence-electron chi connectivity index (χ3n) is 3.19. The standard InChI is InChI=1S/C19H21NO/c1-19(2,14-13-16-7-5-4-6-8-16)20-15-17-9-11-18(21-3)12-10-17/h4-12,20H,15H2,1-3H3. The van der Waals surface area contributed by atoms with Crippen molar-refractivity contribution in [2.45, 2.75) is 25.9 Å². The van der Waals surface area contributed by atoms with E-state index in [-0.39, 0.29) is 5.54 Å². The SMILES string of the molecule is COc1ccc(CNC(C)(C)C#Cc2ccccc2)cc1. The van der Waals surface area contributed by atoms with Crippen molar-refractivity contribution < 1.29 is 4.74 Å². The molecule has 0 fully saturated rings. The van der Waals surface area contributed by atoms with E-state index >= 15 is 0 Å². The van der Waals surface area contributed by atoms with Crippen LogP contribution in [0.4, 0.5) is 0 Å². The Kier molecular flexibility index (Phi) is 5.03. The summed E-state index contributed by atoms with van der Waals surface area (Å²) in [4.78, 5) is 0. The highest BCUT2D eigenvalue weighted by Gasteiger charge is 2.12. The van der Waals surface area contributed by atoms with E-state index in [1.807, 2.05) is 42.5 Å². The molecule has 0 aliphatic heterocycles. The summed E-state index contributed by atoms with van der Waals surface area (Å²) in [5, 5.41) is 3.47. The molecule has 0 bridgehead atoms. The predicted octanol–water partition coefficient (Wildman–Crippen LogP) is 3.62. The van der Waals surface area contributed by atoms with E-state index < -0.39 is 0 Å². The third kappa shape index (κ3) is 4.98. The van der Waals surface area contributed by atoms with Crippen LogP contribution >= 0.6 is 0 Å². The fourth-order valence-electron chi connectivity index (χ4n) is 1.86. The van der Waals surface area contributed by atoms with Crippen molar-refractivity contribution in [1.82, 2.24) is 5.32 Å². The summed E-state index contributed by atoms with van der Waals surface area (Å²) in [7, 11) is 1.68. The average molecular weight is 279 g/mol. The quantitative estimate of drug-likeness (QED) is 0.863. The number of hydrogen-bond donors (Lipinski definition) is 1. The molecular weight excluding hydrogens is 258 g/mol. The van der Waals surface area contributed by atoms with Crippen LogP contribution in [-0.4, -0.2) is 12.6 Å². The molecule has 0 radical (unpaired) electrons. The van der Waals surface area contributed by atoms with Crippen LogP contribution in [-0.2, 0) is 6.54 Å². The molecule has 0 saturated carbocycles. The van der Waals surface area contributed by atoms with Crippen molar-refractivity contribution in [2.75, 3.05) is 7.11 Å². The van der Waals surface area contributed by atoms with Crippen LogP contribution in [0.15, 0.2) is 54.6 Å². The summed E-state index contributed by atoms with van der Waals surface area (Å²) < 4.78 is 5.16. The van der Waals surface area contributed by atoms with Crippen molar-refractivity contribution >= 4 is 0 Å². The van der Waals surface area contributed by atoms with Crippen LogP contribution in [0.5, 0.6) is 5.75 Å². The normalized spacial score (nSPS) is 10.6. The molecule has 0 unspecified atom stereocenters. The van der Waals surface area contributed by atoms with E-state index in [1.54, 1.807) is 7.11 Å². The highest BCUT2D eigenvalue weighted by atomic mass is 16.5. The van der Waals surface area contributed by atoms with E-state index in [0.717, 1.165) is 17.9 Å². The monoisotopic (exact) mass is 279 g/mol. The van der Waals surface area contributed by atoms with Gasteiger partial charge in [0.2, 0.25) is 0 Å². The first-order valence-electron chi connectivity index (χ1n) is 7.05. The fraction of sp³-hybridized carbons (Fsp3) is 0.263. The first kappa shape index (κ1) is 15.2. The second-order valence-electron chi connectivity index (χ2n) is 5.44. The second-order valence-corrected chi connectivity index (χ2v) is 5.44. The Morgan fingerprint density at radius 2 is 1.67 bits per heavy atom. The topological polar surface area (TPSA) is 21.3 Å². The van der Waals surface area contributed by atoms with E-state index in [1.165, 1.54) is 5.56 Å². The summed E-state index contributed by atoms with van der Waals surface area (Å²) in [5.41, 5.74) is 2.01. The Labute approximate surface area is 127 Å². The molecule has 0 aromatic heterocycles. The van der Waals surface area contributed by atoms with Crippen LogP contribution < -0.4 is 10.1 Å². The summed E-state index contributed by atoms with van der Waals surface area (Å²) in [6.07, 6.45) is 0. The van der Waals surface area contributed by atoms with Crippen molar-refractivity contribution in [3.05, 3.63) is 65.7 Å². The van der Waals surface area contributed by atoms with Crippen molar-refractivity contribution in [2.24, 2.45) is 0 Å². The Hall–Kier alpha value is -2.24. The lowest BCUT2D eigenvalue weighted by Gasteiger charge is -2.20. The summed E-state index contributed by atoms with van der Waals surface area (Å²) in [5.74, 6) is 7.37. The molecule has 108 valence electrons. The largest absolute Gasteiger partial charge is 0.497 e. The number of benzene rings is 2. The van der Waals surface area contributed by atoms with E-state index in [9.17, 15) is 0 Å². The van der Waals surface area contributed by atoms with E-state index in [0.29, 0.717) is 0 Å². The molecule has 0 spiro atoms. The molecule has 21 heavy (non-hydrogen) atoms. The summed E-state index contributed by atoms with van der Waals surface area (Å²) in [6, 6.07) is 18.1. The molecular formula is C19H21NO. The molecule has 0 aliphatic carbocycles. The summed E-state index contributed by atoms with van der Waals surface area (Å²) in [6.45, 7) is 4.96. The highest BCUT2D eigenvalue weighted by Crippen LogP contribution is 2.12. The number of hydrogen-bond acceptors (Lipinski definition) is 2. The zero-order valence-corrected chi connectivity index (χ0v) is 12.8. The third-order valence-corrected chi connectivity index (χ3v) is 3.19. The lowest BCUT2D eigenvalue weighted by atomic mass is 10.0. The Morgan fingerprint density at radius 3 is 2.29 bits per heavy atom. The van der Waals surface area contributed by atoms with Gasteiger partial charge in [-0.05, 0) is 43.7 Å². The van der Waals surface area contributed by atoms with Gasteiger partial charge in [0.05, 0.1) is 12.6 Å². The number of methoxy groups -OCH3 is 1. The predicted molar refractivity (Wildman–Crippen MR) is 87.2 cm³/mol. The molecule has 0 heterocycles. The van der Waals surface area contributed by atoms with Crippen molar-refractivity contribution in [3.8, 4) is 17.6 Å². The zero-order chi connectivity index (χ0) is 15.1. The van der Waals surface area contributed by atoms with Crippen LogP contribution in [0.1, 0.15) is 25.0 Å². The summed E-state index contributed by atoms with van der Waals surface area (Å²) >= 11 is 0. The van der Waals surface area contributed by atoms with Gasteiger partial charge in [0.15, 0.2) is 0 Å².